The lowest BCUT2D eigenvalue weighted by molar-refractivity contribution is 0.0978. The predicted octanol–water partition coefficient (Wildman–Crippen LogP) is 4.05. The third-order valence-electron chi connectivity index (χ3n) is 3.82. The highest BCUT2D eigenvalue weighted by Gasteiger charge is 2.32. The number of methoxy groups -OCH3 is 1. The monoisotopic (exact) mass is 345 g/mol. The lowest BCUT2D eigenvalue weighted by Crippen LogP contribution is -2.35. The molecule has 2 aromatic carbocycles. The van der Waals surface area contributed by atoms with Gasteiger partial charge >= 0.3 is 0 Å². The van der Waals surface area contributed by atoms with Crippen LogP contribution in [0.3, 0.4) is 0 Å². The minimum Gasteiger partial charge on any atom is -0.496 e. The lowest BCUT2D eigenvalue weighted by atomic mass is 10.1. The highest BCUT2D eigenvalue weighted by atomic mass is 79.9. The summed E-state index contributed by atoms with van der Waals surface area (Å²) in [6.45, 7) is 2.07. The summed E-state index contributed by atoms with van der Waals surface area (Å²) in [6, 6.07) is 13.7. The average molecular weight is 346 g/mol. The third-order valence-corrected chi connectivity index (χ3v) is 4.31. The molecule has 108 valence electrons. The van der Waals surface area contributed by atoms with Gasteiger partial charge in [-0.05, 0) is 43.2 Å². The topological polar surface area (TPSA) is 29.5 Å². The summed E-state index contributed by atoms with van der Waals surface area (Å²) in [5.74, 6) is 0.572. The fourth-order valence-electron chi connectivity index (χ4n) is 2.85. The molecule has 1 aliphatic rings. The molecule has 3 rings (SSSR count). The molecule has 0 saturated carbocycles. The molecule has 0 spiro atoms. The minimum absolute atomic E-state index is 0.0169. The number of hydrogen-bond donors (Lipinski definition) is 0. The second-order valence-electron chi connectivity index (χ2n) is 5.20. The Morgan fingerprint density at radius 3 is 2.81 bits per heavy atom. The molecule has 0 fully saturated rings. The van der Waals surface area contributed by atoms with E-state index in [0.29, 0.717) is 11.3 Å². The van der Waals surface area contributed by atoms with Gasteiger partial charge in [-0.2, -0.15) is 0 Å². The zero-order valence-corrected chi connectivity index (χ0v) is 13.6. The van der Waals surface area contributed by atoms with E-state index in [1.165, 1.54) is 5.56 Å². The quantitative estimate of drug-likeness (QED) is 0.821. The number of carbonyl (C=O) groups excluding carboxylic acids is 1. The van der Waals surface area contributed by atoms with Crippen LogP contribution in [0.1, 0.15) is 22.8 Å². The first-order valence-corrected chi connectivity index (χ1v) is 7.66. The first kappa shape index (κ1) is 14.1. The van der Waals surface area contributed by atoms with E-state index >= 15 is 0 Å². The summed E-state index contributed by atoms with van der Waals surface area (Å²) in [7, 11) is 1.58. The molecular formula is C17H16BrNO2. The van der Waals surface area contributed by atoms with Crippen molar-refractivity contribution < 1.29 is 9.53 Å². The van der Waals surface area contributed by atoms with Gasteiger partial charge in [-0.3, -0.25) is 4.79 Å². The van der Waals surface area contributed by atoms with Crippen LogP contribution in [0, 0.1) is 0 Å². The normalized spacial score (nSPS) is 16.7. The van der Waals surface area contributed by atoms with E-state index in [1.54, 1.807) is 13.2 Å². The summed E-state index contributed by atoms with van der Waals surface area (Å²) >= 11 is 3.40. The van der Waals surface area contributed by atoms with Crippen molar-refractivity contribution >= 4 is 27.5 Å². The zero-order chi connectivity index (χ0) is 15.0. The van der Waals surface area contributed by atoms with Gasteiger partial charge in [0.25, 0.3) is 5.91 Å². The molecule has 2 aromatic rings. The van der Waals surface area contributed by atoms with Gasteiger partial charge in [0.15, 0.2) is 0 Å². The highest BCUT2D eigenvalue weighted by Crippen LogP contribution is 2.35. The maximum atomic E-state index is 12.9. The summed E-state index contributed by atoms with van der Waals surface area (Å²) in [4.78, 5) is 14.8. The van der Waals surface area contributed by atoms with Crippen molar-refractivity contribution in [3.05, 3.63) is 58.1 Å². The molecule has 0 aliphatic carbocycles. The Labute approximate surface area is 132 Å². The summed E-state index contributed by atoms with van der Waals surface area (Å²) in [5, 5.41) is 0. The molecule has 1 unspecified atom stereocenters. The van der Waals surface area contributed by atoms with Crippen LogP contribution in [0.4, 0.5) is 5.69 Å². The Kier molecular flexibility index (Phi) is 3.72. The van der Waals surface area contributed by atoms with Crippen LogP contribution in [-0.2, 0) is 6.42 Å². The van der Waals surface area contributed by atoms with Crippen molar-refractivity contribution in [2.24, 2.45) is 0 Å². The molecule has 3 nitrogen and oxygen atoms in total. The van der Waals surface area contributed by atoms with E-state index in [-0.39, 0.29) is 11.9 Å². The molecule has 0 N–H and O–H groups in total. The van der Waals surface area contributed by atoms with Crippen LogP contribution >= 0.6 is 15.9 Å². The Hall–Kier alpha value is -1.81. The van der Waals surface area contributed by atoms with Crippen LogP contribution in [0.25, 0.3) is 0 Å². The first-order valence-electron chi connectivity index (χ1n) is 6.87. The number of halogens is 1. The standard InChI is InChI=1S/C17H16BrNO2/c1-11-9-12-5-3-4-6-15(12)19(11)17(20)14-8-7-13(18)10-16(14)21-2/h3-8,10-11H,9H2,1-2H3. The Morgan fingerprint density at radius 2 is 2.05 bits per heavy atom. The molecular weight excluding hydrogens is 330 g/mol. The third kappa shape index (κ3) is 2.44. The average Bonchev–Trinajstić information content (AvgIpc) is 2.82. The molecule has 21 heavy (non-hydrogen) atoms. The second kappa shape index (κ2) is 5.53. The summed E-state index contributed by atoms with van der Waals surface area (Å²) in [6.07, 6.45) is 0.890. The predicted molar refractivity (Wildman–Crippen MR) is 87.1 cm³/mol. The van der Waals surface area contributed by atoms with E-state index < -0.39 is 0 Å². The summed E-state index contributed by atoms with van der Waals surface area (Å²) < 4.78 is 6.25. The number of rotatable bonds is 2. The number of nitrogens with zero attached hydrogens (tertiary/aromatic N) is 1. The molecule has 1 aliphatic heterocycles. The van der Waals surface area contributed by atoms with Crippen LogP contribution in [0.15, 0.2) is 46.9 Å². The number of amides is 1. The van der Waals surface area contributed by atoms with Crippen molar-refractivity contribution in [1.82, 2.24) is 0 Å². The van der Waals surface area contributed by atoms with Gasteiger partial charge < -0.3 is 9.64 Å². The molecule has 0 bridgehead atoms. The number of hydrogen-bond acceptors (Lipinski definition) is 2. The van der Waals surface area contributed by atoms with Crippen molar-refractivity contribution in [2.45, 2.75) is 19.4 Å². The van der Waals surface area contributed by atoms with E-state index in [9.17, 15) is 4.79 Å². The number of fused-ring (bicyclic) bond motifs is 1. The Morgan fingerprint density at radius 1 is 1.29 bits per heavy atom. The van der Waals surface area contributed by atoms with Crippen LogP contribution in [0.2, 0.25) is 0 Å². The van der Waals surface area contributed by atoms with Crippen molar-refractivity contribution in [2.75, 3.05) is 12.0 Å². The number of anilines is 1. The van der Waals surface area contributed by atoms with Crippen LogP contribution in [-0.4, -0.2) is 19.1 Å². The molecule has 1 amide bonds. The van der Waals surface area contributed by atoms with Gasteiger partial charge in [0.1, 0.15) is 5.75 Å². The van der Waals surface area contributed by atoms with E-state index in [1.807, 2.05) is 35.2 Å². The smallest absolute Gasteiger partial charge is 0.262 e. The molecule has 4 heteroatoms. The van der Waals surface area contributed by atoms with Gasteiger partial charge in [0, 0.05) is 16.2 Å². The van der Waals surface area contributed by atoms with Crippen LogP contribution < -0.4 is 9.64 Å². The van der Waals surface area contributed by atoms with Gasteiger partial charge in [-0.25, -0.2) is 0 Å². The fraction of sp³-hybridized carbons (Fsp3) is 0.235. The minimum atomic E-state index is -0.0169. The van der Waals surface area contributed by atoms with Gasteiger partial charge in [0.2, 0.25) is 0 Å². The Balaban J connectivity index is 2.03. The van der Waals surface area contributed by atoms with Crippen molar-refractivity contribution in [1.29, 1.82) is 0 Å². The van der Waals surface area contributed by atoms with E-state index in [2.05, 4.69) is 28.9 Å². The molecule has 0 aromatic heterocycles. The lowest BCUT2D eigenvalue weighted by Gasteiger charge is -2.23. The first-order chi connectivity index (χ1) is 10.1. The van der Waals surface area contributed by atoms with E-state index in [0.717, 1.165) is 16.6 Å². The molecule has 1 atom stereocenters. The largest absolute Gasteiger partial charge is 0.496 e. The highest BCUT2D eigenvalue weighted by molar-refractivity contribution is 9.10. The van der Waals surface area contributed by atoms with Crippen LogP contribution in [0.5, 0.6) is 5.75 Å². The Bertz CT molecular complexity index is 699. The van der Waals surface area contributed by atoms with Crippen molar-refractivity contribution in [3.63, 3.8) is 0 Å². The van der Waals surface area contributed by atoms with Gasteiger partial charge in [0.05, 0.1) is 12.7 Å². The zero-order valence-electron chi connectivity index (χ0n) is 12.0. The number of benzene rings is 2. The van der Waals surface area contributed by atoms with E-state index in [4.69, 9.17) is 4.74 Å². The van der Waals surface area contributed by atoms with Crippen molar-refractivity contribution in [3.8, 4) is 5.75 Å². The second-order valence-corrected chi connectivity index (χ2v) is 6.12. The van der Waals surface area contributed by atoms with Gasteiger partial charge in [-0.1, -0.05) is 34.1 Å². The molecule has 1 heterocycles. The number of carbonyl (C=O) groups is 1. The number of ether oxygens (including phenoxy) is 1. The fourth-order valence-corrected chi connectivity index (χ4v) is 3.19. The van der Waals surface area contributed by atoms with Gasteiger partial charge in [-0.15, -0.1) is 0 Å². The number of para-hydroxylation sites is 1. The maximum Gasteiger partial charge on any atom is 0.262 e. The summed E-state index contributed by atoms with van der Waals surface area (Å²) in [5.41, 5.74) is 2.80. The molecule has 0 saturated heterocycles. The molecule has 0 radical (unpaired) electrons. The SMILES string of the molecule is COc1cc(Br)ccc1C(=O)N1c2ccccc2CC1C. The maximum absolute atomic E-state index is 12.9.